The van der Waals surface area contributed by atoms with Gasteiger partial charge in [-0.15, -0.1) is 0 Å². The van der Waals surface area contributed by atoms with Crippen molar-refractivity contribution in [1.29, 1.82) is 0 Å². The van der Waals surface area contributed by atoms with Crippen LogP contribution in [-0.4, -0.2) is 64.0 Å². The fourth-order valence-electron chi connectivity index (χ4n) is 4.34. The van der Waals surface area contributed by atoms with E-state index in [4.69, 9.17) is 11.6 Å². The number of hydrogen-bond acceptors (Lipinski definition) is 4. The third-order valence-corrected chi connectivity index (χ3v) is 6.40. The van der Waals surface area contributed by atoms with E-state index in [1.165, 1.54) is 4.90 Å². The zero-order valence-electron chi connectivity index (χ0n) is 18.3. The fraction of sp³-hybridized carbons (Fsp3) is 0.375. The summed E-state index contributed by atoms with van der Waals surface area (Å²) in [7, 11) is 0. The summed E-state index contributed by atoms with van der Waals surface area (Å²) in [6.45, 7) is 2.86. The topological polar surface area (TPSA) is 102 Å². The molecule has 2 heterocycles. The second-order valence-corrected chi connectivity index (χ2v) is 8.99. The van der Waals surface area contributed by atoms with Gasteiger partial charge in [0.15, 0.2) is 0 Å². The van der Waals surface area contributed by atoms with Crippen LogP contribution in [0.15, 0.2) is 48.5 Å². The second kappa shape index (κ2) is 9.80. The Morgan fingerprint density at radius 3 is 2.24 bits per heavy atom. The van der Waals surface area contributed by atoms with E-state index in [-0.39, 0.29) is 24.9 Å². The van der Waals surface area contributed by atoms with Crippen LogP contribution in [-0.2, 0) is 4.79 Å². The molecule has 174 valence electrons. The van der Waals surface area contributed by atoms with E-state index in [9.17, 15) is 19.5 Å². The Morgan fingerprint density at radius 1 is 0.970 bits per heavy atom. The first-order valence-corrected chi connectivity index (χ1v) is 11.4. The first-order chi connectivity index (χ1) is 15.8. The van der Waals surface area contributed by atoms with Gasteiger partial charge in [0, 0.05) is 47.5 Å². The number of nitrogens with zero attached hydrogens (tertiary/aromatic N) is 2. The minimum absolute atomic E-state index is 0.0122. The third kappa shape index (κ3) is 5.29. The number of rotatable bonds is 4. The van der Waals surface area contributed by atoms with Gasteiger partial charge >= 0.3 is 6.03 Å². The Bertz CT molecular complexity index is 1030. The molecule has 3 N–H and O–H groups in total. The number of carbonyl (C=O) groups is 3. The Kier molecular flexibility index (Phi) is 6.85. The molecule has 0 spiro atoms. The third-order valence-electron chi connectivity index (χ3n) is 6.15. The molecule has 2 aromatic carbocycles. The van der Waals surface area contributed by atoms with Crippen molar-refractivity contribution < 1.29 is 19.5 Å². The SMILES string of the molecule is C[C@@H]1CCCN1C(=O)c1ccc(NC(=O)[C@H]2C[C@@H](O)CN2C(=O)Nc2ccc(Cl)cc2)cc1. The lowest BCUT2D eigenvalue weighted by Gasteiger charge is -2.24. The van der Waals surface area contributed by atoms with Crippen LogP contribution in [0.1, 0.15) is 36.5 Å². The normalized spacial score (nSPS) is 22.3. The Balaban J connectivity index is 1.39. The molecule has 8 nitrogen and oxygen atoms in total. The van der Waals surface area contributed by atoms with E-state index in [0.29, 0.717) is 22.0 Å². The maximum absolute atomic E-state index is 12.9. The van der Waals surface area contributed by atoms with Gasteiger partial charge in [-0.3, -0.25) is 9.59 Å². The van der Waals surface area contributed by atoms with Crippen molar-refractivity contribution in [2.75, 3.05) is 23.7 Å². The van der Waals surface area contributed by atoms with Crippen LogP contribution in [0.2, 0.25) is 5.02 Å². The quantitative estimate of drug-likeness (QED) is 0.635. The highest BCUT2D eigenvalue weighted by atomic mass is 35.5. The van der Waals surface area contributed by atoms with E-state index in [1.54, 1.807) is 48.5 Å². The van der Waals surface area contributed by atoms with Crippen molar-refractivity contribution in [1.82, 2.24) is 9.80 Å². The van der Waals surface area contributed by atoms with Crippen molar-refractivity contribution in [3.05, 3.63) is 59.1 Å². The highest BCUT2D eigenvalue weighted by molar-refractivity contribution is 6.30. The number of aliphatic hydroxyl groups excluding tert-OH is 1. The van der Waals surface area contributed by atoms with Gasteiger partial charge in [0.2, 0.25) is 5.91 Å². The molecule has 2 aromatic rings. The minimum atomic E-state index is -0.820. The van der Waals surface area contributed by atoms with Gasteiger partial charge in [-0.2, -0.15) is 0 Å². The lowest BCUT2D eigenvalue weighted by molar-refractivity contribution is -0.119. The van der Waals surface area contributed by atoms with Gasteiger partial charge in [-0.1, -0.05) is 11.6 Å². The number of urea groups is 1. The molecule has 2 aliphatic rings. The molecular weight excluding hydrogens is 444 g/mol. The summed E-state index contributed by atoms with van der Waals surface area (Å²) in [4.78, 5) is 41.5. The van der Waals surface area contributed by atoms with E-state index in [1.807, 2.05) is 11.8 Å². The number of benzene rings is 2. The van der Waals surface area contributed by atoms with Crippen LogP contribution in [0, 0.1) is 0 Å². The van der Waals surface area contributed by atoms with Crippen LogP contribution >= 0.6 is 11.6 Å². The molecule has 4 rings (SSSR count). The summed E-state index contributed by atoms with van der Waals surface area (Å²) >= 11 is 5.87. The summed E-state index contributed by atoms with van der Waals surface area (Å²) in [5, 5.41) is 16.2. The number of aliphatic hydroxyl groups is 1. The molecule has 2 saturated heterocycles. The number of β-amino-alcohol motifs (C(OH)–C–C–N with tert-alkyl or cyclic N) is 1. The molecule has 0 aromatic heterocycles. The molecule has 33 heavy (non-hydrogen) atoms. The summed E-state index contributed by atoms with van der Waals surface area (Å²) in [6.07, 6.45) is 1.37. The molecule has 3 atom stereocenters. The lowest BCUT2D eigenvalue weighted by Crippen LogP contribution is -2.45. The average Bonchev–Trinajstić information content (AvgIpc) is 3.41. The highest BCUT2D eigenvalue weighted by Crippen LogP contribution is 2.23. The molecule has 0 unspecified atom stereocenters. The highest BCUT2D eigenvalue weighted by Gasteiger charge is 2.39. The van der Waals surface area contributed by atoms with E-state index >= 15 is 0 Å². The van der Waals surface area contributed by atoms with Crippen molar-refractivity contribution in [2.24, 2.45) is 0 Å². The Morgan fingerprint density at radius 2 is 1.61 bits per heavy atom. The van der Waals surface area contributed by atoms with Crippen LogP contribution in [0.3, 0.4) is 0 Å². The number of hydrogen-bond donors (Lipinski definition) is 3. The number of amides is 4. The number of nitrogens with one attached hydrogen (secondary N) is 2. The monoisotopic (exact) mass is 470 g/mol. The molecule has 0 aliphatic carbocycles. The van der Waals surface area contributed by atoms with Crippen molar-refractivity contribution >= 4 is 40.8 Å². The number of likely N-dealkylation sites (tertiary alicyclic amines) is 2. The average molecular weight is 471 g/mol. The Hall–Kier alpha value is -3.10. The molecule has 0 radical (unpaired) electrons. The standard InChI is InChI=1S/C24H27ClN4O4/c1-15-3-2-12-28(15)23(32)16-4-8-18(9-5-16)26-22(31)21-13-20(30)14-29(21)24(33)27-19-10-6-17(25)7-11-19/h4-11,15,20-21,30H,2-3,12-14H2,1H3,(H,26,31)(H,27,33)/t15-,20-,21-/m1/s1. The van der Waals surface area contributed by atoms with Crippen molar-refractivity contribution in [3.63, 3.8) is 0 Å². The van der Waals surface area contributed by atoms with Gasteiger partial charge in [-0.25, -0.2) is 4.79 Å². The number of anilines is 2. The predicted molar refractivity (Wildman–Crippen MR) is 126 cm³/mol. The maximum atomic E-state index is 12.9. The van der Waals surface area contributed by atoms with Gasteiger partial charge < -0.3 is 25.5 Å². The summed E-state index contributed by atoms with van der Waals surface area (Å²) in [6, 6.07) is 12.3. The summed E-state index contributed by atoms with van der Waals surface area (Å²) < 4.78 is 0. The molecule has 2 aliphatic heterocycles. The van der Waals surface area contributed by atoms with Crippen LogP contribution in [0.25, 0.3) is 0 Å². The summed E-state index contributed by atoms with van der Waals surface area (Å²) in [5.74, 6) is -0.410. The number of halogens is 1. The molecule has 4 amide bonds. The predicted octanol–water partition coefficient (Wildman–Crippen LogP) is 3.57. The van der Waals surface area contributed by atoms with E-state index in [2.05, 4.69) is 10.6 Å². The van der Waals surface area contributed by atoms with Crippen LogP contribution in [0.5, 0.6) is 0 Å². The van der Waals surface area contributed by atoms with Gasteiger partial charge in [0.25, 0.3) is 5.91 Å². The summed E-state index contributed by atoms with van der Waals surface area (Å²) in [5.41, 5.74) is 1.63. The molecule has 2 fully saturated rings. The maximum Gasteiger partial charge on any atom is 0.322 e. The lowest BCUT2D eigenvalue weighted by atomic mass is 10.1. The molecule has 9 heteroatoms. The Labute approximate surface area is 197 Å². The zero-order valence-corrected chi connectivity index (χ0v) is 19.1. The minimum Gasteiger partial charge on any atom is -0.391 e. The van der Waals surface area contributed by atoms with Gasteiger partial charge in [0.1, 0.15) is 6.04 Å². The van der Waals surface area contributed by atoms with E-state index < -0.39 is 24.1 Å². The number of carbonyl (C=O) groups excluding carboxylic acids is 3. The molecule has 0 bridgehead atoms. The van der Waals surface area contributed by atoms with Crippen molar-refractivity contribution in [2.45, 2.75) is 44.4 Å². The van der Waals surface area contributed by atoms with Crippen LogP contribution in [0.4, 0.5) is 16.2 Å². The van der Waals surface area contributed by atoms with Crippen molar-refractivity contribution in [3.8, 4) is 0 Å². The molecular formula is C24H27ClN4O4. The smallest absolute Gasteiger partial charge is 0.322 e. The molecule has 0 saturated carbocycles. The largest absolute Gasteiger partial charge is 0.391 e. The van der Waals surface area contributed by atoms with Gasteiger partial charge in [0.05, 0.1) is 6.10 Å². The van der Waals surface area contributed by atoms with Crippen LogP contribution < -0.4 is 10.6 Å². The first kappa shape index (κ1) is 23.1. The zero-order chi connectivity index (χ0) is 23.5. The fourth-order valence-corrected chi connectivity index (χ4v) is 4.46. The van der Waals surface area contributed by atoms with Gasteiger partial charge in [-0.05, 0) is 68.3 Å². The second-order valence-electron chi connectivity index (χ2n) is 8.55. The van der Waals surface area contributed by atoms with E-state index in [0.717, 1.165) is 19.4 Å². The first-order valence-electron chi connectivity index (χ1n) is 11.0.